The summed E-state index contributed by atoms with van der Waals surface area (Å²) in [5.74, 6) is -0.188. The van der Waals surface area contributed by atoms with E-state index in [0.29, 0.717) is 5.56 Å². The number of aromatic nitrogens is 1. The molecule has 0 atom stereocenters. The first kappa shape index (κ1) is 17.7. The Morgan fingerprint density at radius 1 is 1.20 bits per heavy atom. The Hall–Kier alpha value is -2.16. The Morgan fingerprint density at radius 3 is 2.68 bits per heavy atom. The summed E-state index contributed by atoms with van der Waals surface area (Å²) in [7, 11) is -2.07. The maximum Gasteiger partial charge on any atom is 0.251 e. The lowest BCUT2D eigenvalue weighted by atomic mass is 10.1. The van der Waals surface area contributed by atoms with Crippen LogP contribution in [0.5, 0.6) is 0 Å². The van der Waals surface area contributed by atoms with Gasteiger partial charge in [0.25, 0.3) is 5.91 Å². The molecule has 0 unspecified atom stereocenters. The number of aryl methyl sites for hydroxylation is 2. The molecule has 25 heavy (non-hydrogen) atoms. The van der Waals surface area contributed by atoms with Crippen LogP contribution in [0.1, 0.15) is 26.5 Å². The number of nitrogens with one attached hydrogen (secondary N) is 3. The minimum absolute atomic E-state index is 0.188. The molecule has 8 heteroatoms. The number of thiophene rings is 1. The third-order valence-electron chi connectivity index (χ3n) is 4.16. The molecule has 0 aliphatic carbocycles. The summed E-state index contributed by atoms with van der Waals surface area (Å²) >= 11 is 1.14. The highest BCUT2D eigenvalue weighted by molar-refractivity contribution is 7.91. The van der Waals surface area contributed by atoms with E-state index >= 15 is 0 Å². The minimum Gasteiger partial charge on any atom is -0.358 e. The molecule has 3 rings (SSSR count). The number of fused-ring (bicyclic) bond motifs is 1. The average Bonchev–Trinajstić information content (AvgIpc) is 3.18. The molecule has 2 aromatic heterocycles. The maximum absolute atomic E-state index is 12.4. The third-order valence-corrected chi connectivity index (χ3v) is 7.16. The fraction of sp³-hybridized carbons (Fsp3) is 0.235. The van der Waals surface area contributed by atoms with E-state index in [9.17, 15) is 13.2 Å². The number of rotatable bonds is 5. The van der Waals surface area contributed by atoms with Gasteiger partial charge in [-0.1, -0.05) is 0 Å². The molecule has 3 aromatic rings. The number of carbonyl (C=O) groups is 1. The van der Waals surface area contributed by atoms with Crippen molar-refractivity contribution in [3.8, 4) is 0 Å². The monoisotopic (exact) mass is 377 g/mol. The standard InChI is InChI=1S/C17H19N3O3S2/c1-10-11(2)20-15-6-4-12(8-14(10)15)17(21)19-9-13-5-7-16(24-13)25(22,23)18-3/h4-8,18,20H,9H2,1-3H3,(H,19,21). The molecule has 1 aromatic carbocycles. The number of aromatic amines is 1. The second kappa shape index (κ2) is 6.62. The normalized spacial score (nSPS) is 11.8. The van der Waals surface area contributed by atoms with Crippen molar-refractivity contribution in [1.29, 1.82) is 0 Å². The first-order valence-corrected chi connectivity index (χ1v) is 10.0. The minimum atomic E-state index is -3.44. The fourth-order valence-corrected chi connectivity index (χ4v) is 4.70. The molecule has 2 heterocycles. The van der Waals surface area contributed by atoms with Gasteiger partial charge in [0, 0.05) is 27.0 Å². The van der Waals surface area contributed by atoms with Crippen LogP contribution < -0.4 is 10.0 Å². The predicted molar refractivity (Wildman–Crippen MR) is 99.5 cm³/mol. The third kappa shape index (κ3) is 3.46. The zero-order chi connectivity index (χ0) is 18.2. The van der Waals surface area contributed by atoms with Crippen molar-refractivity contribution in [2.24, 2.45) is 0 Å². The van der Waals surface area contributed by atoms with Gasteiger partial charge in [-0.25, -0.2) is 13.1 Å². The molecule has 0 aliphatic heterocycles. The lowest BCUT2D eigenvalue weighted by Gasteiger charge is -2.04. The summed E-state index contributed by atoms with van der Waals surface area (Å²) < 4.78 is 26.0. The summed E-state index contributed by atoms with van der Waals surface area (Å²) in [6.45, 7) is 4.31. The number of hydrogen-bond donors (Lipinski definition) is 3. The lowest BCUT2D eigenvalue weighted by molar-refractivity contribution is 0.0951. The Kier molecular flexibility index (Phi) is 4.68. The van der Waals surface area contributed by atoms with E-state index in [2.05, 4.69) is 15.0 Å². The Morgan fingerprint density at radius 2 is 1.96 bits per heavy atom. The molecule has 0 aliphatic rings. The summed E-state index contributed by atoms with van der Waals surface area (Å²) in [5, 5.41) is 3.87. The zero-order valence-electron chi connectivity index (χ0n) is 14.1. The first-order chi connectivity index (χ1) is 11.8. The second-order valence-electron chi connectivity index (χ2n) is 5.75. The van der Waals surface area contributed by atoms with Gasteiger partial charge < -0.3 is 10.3 Å². The van der Waals surface area contributed by atoms with Gasteiger partial charge in [0.1, 0.15) is 4.21 Å². The molecular weight excluding hydrogens is 358 g/mol. The van der Waals surface area contributed by atoms with Crippen LogP contribution in [0.2, 0.25) is 0 Å². The summed E-state index contributed by atoms with van der Waals surface area (Å²) in [5.41, 5.74) is 3.80. The first-order valence-electron chi connectivity index (χ1n) is 7.71. The van der Waals surface area contributed by atoms with Crippen LogP contribution in [-0.2, 0) is 16.6 Å². The molecule has 0 fully saturated rings. The van der Waals surface area contributed by atoms with Crippen LogP contribution in [0.3, 0.4) is 0 Å². The Bertz CT molecular complexity index is 1050. The van der Waals surface area contributed by atoms with Gasteiger partial charge in [-0.15, -0.1) is 11.3 Å². The van der Waals surface area contributed by atoms with Gasteiger partial charge >= 0.3 is 0 Å². The zero-order valence-corrected chi connectivity index (χ0v) is 15.8. The van der Waals surface area contributed by atoms with Crippen LogP contribution >= 0.6 is 11.3 Å². The molecule has 3 N–H and O–H groups in total. The second-order valence-corrected chi connectivity index (χ2v) is 9.03. The van der Waals surface area contributed by atoms with Gasteiger partial charge in [-0.05, 0) is 56.8 Å². The smallest absolute Gasteiger partial charge is 0.251 e. The molecule has 0 saturated heterocycles. The predicted octanol–water partition coefficient (Wildman–Crippen LogP) is 2.68. The van der Waals surface area contributed by atoms with Gasteiger partial charge in [-0.2, -0.15) is 0 Å². The maximum atomic E-state index is 12.4. The highest BCUT2D eigenvalue weighted by atomic mass is 32.2. The van der Waals surface area contributed by atoms with Crippen molar-refractivity contribution in [2.45, 2.75) is 24.6 Å². The van der Waals surface area contributed by atoms with Crippen LogP contribution in [0.25, 0.3) is 10.9 Å². The molecule has 1 amide bonds. The highest BCUT2D eigenvalue weighted by Gasteiger charge is 2.15. The molecule has 0 bridgehead atoms. The quantitative estimate of drug-likeness (QED) is 0.638. The fourth-order valence-electron chi connectivity index (χ4n) is 2.57. The van der Waals surface area contributed by atoms with Crippen LogP contribution in [0.15, 0.2) is 34.5 Å². The topological polar surface area (TPSA) is 91.1 Å². The van der Waals surface area contributed by atoms with E-state index < -0.39 is 10.0 Å². The number of amides is 1. The highest BCUT2D eigenvalue weighted by Crippen LogP contribution is 2.23. The number of hydrogen-bond acceptors (Lipinski definition) is 4. The average molecular weight is 377 g/mol. The van der Waals surface area contributed by atoms with Crippen molar-refractivity contribution >= 4 is 38.2 Å². The van der Waals surface area contributed by atoms with E-state index in [1.165, 1.54) is 13.1 Å². The Labute approximate surface area is 150 Å². The molecule has 0 radical (unpaired) electrons. The van der Waals surface area contributed by atoms with E-state index in [0.717, 1.165) is 38.4 Å². The largest absolute Gasteiger partial charge is 0.358 e. The number of carbonyl (C=O) groups excluding carboxylic acids is 1. The van der Waals surface area contributed by atoms with Crippen molar-refractivity contribution in [2.75, 3.05) is 7.05 Å². The lowest BCUT2D eigenvalue weighted by Crippen LogP contribution is -2.22. The van der Waals surface area contributed by atoms with Gasteiger partial charge in [-0.3, -0.25) is 4.79 Å². The van der Waals surface area contributed by atoms with Gasteiger partial charge in [0.05, 0.1) is 6.54 Å². The van der Waals surface area contributed by atoms with Crippen molar-refractivity contribution in [3.63, 3.8) is 0 Å². The molecule has 0 saturated carbocycles. The van der Waals surface area contributed by atoms with Crippen molar-refractivity contribution < 1.29 is 13.2 Å². The summed E-state index contributed by atoms with van der Waals surface area (Å²) in [6, 6.07) is 8.79. The van der Waals surface area contributed by atoms with Crippen LogP contribution in [0.4, 0.5) is 0 Å². The number of sulfonamides is 1. The molecule has 132 valence electrons. The van der Waals surface area contributed by atoms with Crippen LogP contribution in [-0.4, -0.2) is 26.4 Å². The van der Waals surface area contributed by atoms with E-state index in [-0.39, 0.29) is 16.7 Å². The molecule has 0 spiro atoms. The van der Waals surface area contributed by atoms with Crippen molar-refractivity contribution in [3.05, 3.63) is 52.0 Å². The van der Waals surface area contributed by atoms with E-state index in [1.54, 1.807) is 12.1 Å². The summed E-state index contributed by atoms with van der Waals surface area (Å²) in [4.78, 5) is 16.4. The van der Waals surface area contributed by atoms with Crippen molar-refractivity contribution in [1.82, 2.24) is 15.0 Å². The molecule has 6 nitrogen and oxygen atoms in total. The van der Waals surface area contributed by atoms with Gasteiger partial charge in [0.15, 0.2) is 0 Å². The summed E-state index contributed by atoms with van der Waals surface area (Å²) in [6.07, 6.45) is 0. The van der Waals surface area contributed by atoms with E-state index in [4.69, 9.17) is 0 Å². The van der Waals surface area contributed by atoms with Gasteiger partial charge in [0.2, 0.25) is 10.0 Å². The van der Waals surface area contributed by atoms with Crippen LogP contribution in [0, 0.1) is 13.8 Å². The number of benzene rings is 1. The Balaban J connectivity index is 1.74. The number of H-pyrrole nitrogens is 1. The van der Waals surface area contributed by atoms with E-state index in [1.807, 2.05) is 26.0 Å². The molecular formula is C17H19N3O3S2. The SMILES string of the molecule is CNS(=O)(=O)c1ccc(CNC(=O)c2ccc3[nH]c(C)c(C)c3c2)s1.